The van der Waals surface area contributed by atoms with E-state index in [9.17, 15) is 13.2 Å². The predicted octanol–water partition coefficient (Wildman–Crippen LogP) is 4.21. The van der Waals surface area contributed by atoms with Gasteiger partial charge in [0.15, 0.2) is 0 Å². The SMILES string of the molecule is Cc1ccc(S(=O)(=O)n2cc(CNC(=O)OC(C)(C)C)c3ccccc32)cc1. The molecule has 1 heterocycles. The number of nitrogens with one attached hydrogen (secondary N) is 1. The molecule has 0 saturated carbocycles. The van der Waals surface area contributed by atoms with Crippen LogP contribution in [0.15, 0.2) is 59.6 Å². The van der Waals surface area contributed by atoms with Crippen LogP contribution in [0.3, 0.4) is 0 Å². The molecule has 0 aliphatic heterocycles. The number of amides is 1. The van der Waals surface area contributed by atoms with E-state index >= 15 is 0 Å². The van der Waals surface area contributed by atoms with Crippen LogP contribution < -0.4 is 5.32 Å². The third-order valence-electron chi connectivity index (χ3n) is 4.16. The van der Waals surface area contributed by atoms with Crippen molar-refractivity contribution in [1.82, 2.24) is 9.29 Å². The van der Waals surface area contributed by atoms with E-state index in [-0.39, 0.29) is 11.4 Å². The van der Waals surface area contributed by atoms with Gasteiger partial charge < -0.3 is 10.1 Å². The molecule has 0 aliphatic rings. The lowest BCUT2D eigenvalue weighted by Crippen LogP contribution is -2.32. The topological polar surface area (TPSA) is 77.4 Å². The van der Waals surface area contributed by atoms with Crippen LogP contribution in [0.1, 0.15) is 31.9 Å². The summed E-state index contributed by atoms with van der Waals surface area (Å²) >= 11 is 0. The summed E-state index contributed by atoms with van der Waals surface area (Å²) < 4.78 is 32.8. The Bertz CT molecular complexity index is 1110. The summed E-state index contributed by atoms with van der Waals surface area (Å²) in [6.07, 6.45) is 1.00. The largest absolute Gasteiger partial charge is 0.444 e. The third-order valence-corrected chi connectivity index (χ3v) is 5.85. The summed E-state index contributed by atoms with van der Waals surface area (Å²) in [5.41, 5.74) is 1.63. The van der Waals surface area contributed by atoms with Gasteiger partial charge in [-0.05, 0) is 51.5 Å². The minimum absolute atomic E-state index is 0.159. The Morgan fingerprint density at radius 3 is 2.36 bits per heavy atom. The Hall–Kier alpha value is -2.80. The Morgan fingerprint density at radius 2 is 1.71 bits per heavy atom. The zero-order valence-electron chi connectivity index (χ0n) is 16.4. The van der Waals surface area contributed by atoms with Crippen molar-refractivity contribution in [3.05, 3.63) is 65.9 Å². The van der Waals surface area contributed by atoms with E-state index in [2.05, 4.69) is 5.32 Å². The molecule has 2 aromatic carbocycles. The molecule has 0 saturated heterocycles. The molecule has 0 aliphatic carbocycles. The normalized spacial score (nSPS) is 12.1. The van der Waals surface area contributed by atoms with Gasteiger partial charge in [-0.1, -0.05) is 35.9 Å². The number of carbonyl (C=O) groups is 1. The number of ether oxygens (including phenoxy) is 1. The molecule has 6 nitrogen and oxygen atoms in total. The van der Waals surface area contributed by atoms with E-state index in [1.807, 2.05) is 19.1 Å². The summed E-state index contributed by atoms with van der Waals surface area (Å²) in [7, 11) is -3.76. The van der Waals surface area contributed by atoms with Crippen LogP contribution in [0.2, 0.25) is 0 Å². The average Bonchev–Trinajstić information content (AvgIpc) is 2.98. The first-order chi connectivity index (χ1) is 13.1. The Balaban J connectivity index is 1.97. The molecule has 3 rings (SSSR count). The number of para-hydroxylation sites is 1. The number of aryl methyl sites for hydroxylation is 1. The molecule has 28 heavy (non-hydrogen) atoms. The minimum atomic E-state index is -3.76. The Labute approximate surface area is 165 Å². The highest BCUT2D eigenvalue weighted by molar-refractivity contribution is 7.90. The summed E-state index contributed by atoms with van der Waals surface area (Å²) in [5, 5.41) is 3.45. The van der Waals surface area contributed by atoms with Crippen molar-refractivity contribution in [2.75, 3.05) is 0 Å². The zero-order chi connectivity index (χ0) is 20.5. The van der Waals surface area contributed by atoms with Gasteiger partial charge in [-0.25, -0.2) is 17.2 Å². The van der Waals surface area contributed by atoms with Gasteiger partial charge in [0.1, 0.15) is 5.60 Å². The zero-order valence-corrected chi connectivity index (χ0v) is 17.2. The van der Waals surface area contributed by atoms with Crippen LogP contribution in [0.4, 0.5) is 4.79 Å². The van der Waals surface area contributed by atoms with E-state index in [0.717, 1.165) is 10.9 Å². The van der Waals surface area contributed by atoms with Crippen LogP contribution in [0.25, 0.3) is 10.9 Å². The highest BCUT2D eigenvalue weighted by atomic mass is 32.2. The van der Waals surface area contributed by atoms with Gasteiger partial charge in [0, 0.05) is 18.1 Å². The van der Waals surface area contributed by atoms with Crippen LogP contribution in [0, 0.1) is 6.92 Å². The summed E-state index contributed by atoms with van der Waals surface area (Å²) in [6, 6.07) is 13.9. The maximum Gasteiger partial charge on any atom is 0.407 e. The number of alkyl carbamates (subject to hydrolysis) is 1. The molecule has 0 unspecified atom stereocenters. The molecule has 7 heteroatoms. The van der Waals surface area contributed by atoms with Crippen LogP contribution in [0.5, 0.6) is 0 Å². The van der Waals surface area contributed by atoms with Crippen LogP contribution in [-0.2, 0) is 21.3 Å². The fraction of sp³-hybridized carbons (Fsp3) is 0.286. The first-order valence-electron chi connectivity index (χ1n) is 8.96. The summed E-state index contributed by atoms with van der Waals surface area (Å²) in [6.45, 7) is 7.42. The number of nitrogens with zero attached hydrogens (tertiary/aromatic N) is 1. The van der Waals surface area contributed by atoms with Crippen molar-refractivity contribution in [2.24, 2.45) is 0 Å². The minimum Gasteiger partial charge on any atom is -0.444 e. The third kappa shape index (κ3) is 4.20. The monoisotopic (exact) mass is 400 g/mol. The second kappa shape index (κ2) is 7.31. The molecule has 0 spiro atoms. The van der Waals surface area contributed by atoms with Crippen molar-refractivity contribution in [3.63, 3.8) is 0 Å². The predicted molar refractivity (Wildman–Crippen MR) is 109 cm³/mol. The Kier molecular flexibility index (Phi) is 5.21. The van der Waals surface area contributed by atoms with E-state index < -0.39 is 21.7 Å². The van der Waals surface area contributed by atoms with Crippen molar-refractivity contribution >= 4 is 27.0 Å². The number of hydrogen-bond donors (Lipinski definition) is 1. The second-order valence-electron chi connectivity index (χ2n) is 7.64. The lowest BCUT2D eigenvalue weighted by Gasteiger charge is -2.19. The standard InChI is InChI=1S/C21H24N2O4S/c1-15-9-11-17(12-10-15)28(25,26)23-14-16(18-7-5-6-8-19(18)23)13-22-20(24)27-21(2,3)4/h5-12,14H,13H2,1-4H3,(H,22,24). The van der Waals surface area contributed by atoms with Crippen LogP contribution >= 0.6 is 0 Å². The molecule has 1 aromatic heterocycles. The fourth-order valence-corrected chi connectivity index (χ4v) is 4.25. The van der Waals surface area contributed by atoms with Crippen molar-refractivity contribution in [2.45, 2.75) is 44.7 Å². The molecule has 1 N–H and O–H groups in total. The quantitative estimate of drug-likeness (QED) is 0.712. The maximum absolute atomic E-state index is 13.1. The number of fused-ring (bicyclic) bond motifs is 1. The summed E-state index contributed by atoms with van der Waals surface area (Å²) in [5.74, 6) is 0. The van der Waals surface area contributed by atoms with E-state index in [1.54, 1.807) is 63.4 Å². The number of benzene rings is 2. The van der Waals surface area contributed by atoms with Gasteiger partial charge in [-0.15, -0.1) is 0 Å². The smallest absolute Gasteiger partial charge is 0.407 e. The fourth-order valence-electron chi connectivity index (χ4n) is 2.86. The molecule has 1 amide bonds. The van der Waals surface area contributed by atoms with Gasteiger partial charge in [0.2, 0.25) is 0 Å². The average molecular weight is 401 g/mol. The molecule has 3 aromatic rings. The molecular weight excluding hydrogens is 376 g/mol. The van der Waals surface area contributed by atoms with Gasteiger partial charge in [0.25, 0.3) is 10.0 Å². The van der Waals surface area contributed by atoms with Crippen molar-refractivity contribution < 1.29 is 17.9 Å². The Morgan fingerprint density at radius 1 is 1.07 bits per heavy atom. The maximum atomic E-state index is 13.1. The first kappa shape index (κ1) is 19.9. The first-order valence-corrected chi connectivity index (χ1v) is 10.4. The van der Waals surface area contributed by atoms with Crippen LogP contribution in [-0.4, -0.2) is 24.1 Å². The second-order valence-corrected chi connectivity index (χ2v) is 9.46. The van der Waals surface area contributed by atoms with Gasteiger partial charge in [0.05, 0.1) is 10.4 Å². The highest BCUT2D eigenvalue weighted by Crippen LogP contribution is 2.26. The number of hydrogen-bond acceptors (Lipinski definition) is 4. The van der Waals surface area contributed by atoms with E-state index in [0.29, 0.717) is 11.1 Å². The highest BCUT2D eigenvalue weighted by Gasteiger charge is 2.22. The number of rotatable bonds is 4. The number of aromatic nitrogens is 1. The van der Waals surface area contributed by atoms with Gasteiger partial charge in [-0.3, -0.25) is 0 Å². The lowest BCUT2D eigenvalue weighted by atomic mass is 10.2. The molecule has 0 bridgehead atoms. The molecule has 0 radical (unpaired) electrons. The molecular formula is C21H24N2O4S. The molecule has 0 fully saturated rings. The number of carbonyl (C=O) groups excluding carboxylic acids is 1. The summed E-state index contributed by atoms with van der Waals surface area (Å²) in [4.78, 5) is 12.2. The van der Waals surface area contributed by atoms with E-state index in [4.69, 9.17) is 4.74 Å². The molecule has 148 valence electrons. The van der Waals surface area contributed by atoms with Crippen molar-refractivity contribution in [3.8, 4) is 0 Å². The van der Waals surface area contributed by atoms with Gasteiger partial charge >= 0.3 is 6.09 Å². The molecule has 0 atom stereocenters. The van der Waals surface area contributed by atoms with Gasteiger partial charge in [-0.2, -0.15) is 0 Å². The van der Waals surface area contributed by atoms with Crippen molar-refractivity contribution in [1.29, 1.82) is 0 Å². The lowest BCUT2D eigenvalue weighted by molar-refractivity contribution is 0.0524. The van der Waals surface area contributed by atoms with E-state index in [1.165, 1.54) is 3.97 Å².